The van der Waals surface area contributed by atoms with E-state index in [-0.39, 0.29) is 18.6 Å². The lowest BCUT2D eigenvalue weighted by molar-refractivity contribution is 0.250. The van der Waals surface area contributed by atoms with Crippen LogP contribution in [0.5, 0.6) is 0 Å². The number of amides is 2. The third-order valence-corrected chi connectivity index (χ3v) is 3.02. The highest BCUT2D eigenvalue weighted by Crippen LogP contribution is 2.15. The smallest absolute Gasteiger partial charge is 0.319 e. The van der Waals surface area contributed by atoms with E-state index in [1.165, 1.54) is 0 Å². The van der Waals surface area contributed by atoms with Crippen molar-refractivity contribution in [2.24, 2.45) is 5.73 Å². The van der Waals surface area contributed by atoms with Crippen LogP contribution in [0.25, 0.3) is 0 Å². The van der Waals surface area contributed by atoms with E-state index in [4.69, 9.17) is 10.2 Å². The van der Waals surface area contributed by atoms with Crippen molar-refractivity contribution in [1.82, 2.24) is 10.3 Å². The zero-order valence-electron chi connectivity index (χ0n) is 12.2. The summed E-state index contributed by atoms with van der Waals surface area (Å²) in [6.07, 6.45) is 2.45. The molecule has 2 rings (SSSR count). The second kappa shape index (κ2) is 6.90. The van der Waals surface area contributed by atoms with E-state index in [1.54, 1.807) is 6.20 Å². The van der Waals surface area contributed by atoms with Crippen molar-refractivity contribution in [3.8, 4) is 0 Å². The Morgan fingerprint density at radius 3 is 2.95 bits per heavy atom. The van der Waals surface area contributed by atoms with E-state index in [1.807, 2.05) is 38.1 Å². The number of oxazole rings is 1. The number of nitrogens with one attached hydrogen (secondary N) is 2. The van der Waals surface area contributed by atoms with Gasteiger partial charge >= 0.3 is 6.03 Å². The molecule has 0 saturated heterocycles. The Morgan fingerprint density at radius 2 is 2.29 bits per heavy atom. The van der Waals surface area contributed by atoms with E-state index < -0.39 is 0 Å². The number of anilines is 1. The molecular weight excluding hydrogens is 268 g/mol. The van der Waals surface area contributed by atoms with Crippen LogP contribution >= 0.6 is 0 Å². The van der Waals surface area contributed by atoms with Gasteiger partial charge in [-0.2, -0.15) is 0 Å². The fraction of sp³-hybridized carbons (Fsp3) is 0.333. The van der Waals surface area contributed by atoms with Crippen LogP contribution in [0, 0.1) is 0 Å². The second-order valence-electron chi connectivity index (χ2n) is 4.80. The van der Waals surface area contributed by atoms with Crippen LogP contribution in [0.1, 0.15) is 37.1 Å². The van der Waals surface area contributed by atoms with Crippen molar-refractivity contribution in [2.45, 2.75) is 32.9 Å². The molecule has 1 unspecified atom stereocenters. The lowest BCUT2D eigenvalue weighted by Gasteiger charge is -2.10. The first-order valence-electron chi connectivity index (χ1n) is 6.92. The molecule has 2 amide bonds. The van der Waals surface area contributed by atoms with E-state index in [0.717, 1.165) is 17.7 Å². The number of nitrogens with zero attached hydrogens (tertiary/aromatic N) is 1. The van der Waals surface area contributed by atoms with Gasteiger partial charge in [0, 0.05) is 18.2 Å². The van der Waals surface area contributed by atoms with Gasteiger partial charge in [0.15, 0.2) is 0 Å². The molecule has 1 aromatic heterocycles. The van der Waals surface area contributed by atoms with Gasteiger partial charge < -0.3 is 20.8 Å². The molecule has 4 N–H and O–H groups in total. The maximum atomic E-state index is 11.8. The van der Waals surface area contributed by atoms with Gasteiger partial charge in [0.1, 0.15) is 5.76 Å². The fourth-order valence-electron chi connectivity index (χ4n) is 1.82. The Hall–Kier alpha value is -2.34. The molecule has 1 aromatic carbocycles. The molecule has 0 aliphatic heterocycles. The van der Waals surface area contributed by atoms with Crippen molar-refractivity contribution in [2.75, 3.05) is 5.32 Å². The SMILES string of the molecule is CCc1cnc(CNC(=O)Nc2cccc(C(C)N)c2)o1. The topological polar surface area (TPSA) is 93.2 Å². The molecule has 0 bridgehead atoms. The number of benzene rings is 1. The predicted octanol–water partition coefficient (Wildman–Crippen LogP) is 2.58. The molecule has 0 aliphatic carbocycles. The van der Waals surface area contributed by atoms with Crippen molar-refractivity contribution in [1.29, 1.82) is 0 Å². The molecule has 112 valence electrons. The summed E-state index contributed by atoms with van der Waals surface area (Å²) in [5.41, 5.74) is 7.48. The number of urea groups is 1. The van der Waals surface area contributed by atoms with Gasteiger partial charge in [0.05, 0.1) is 12.7 Å². The van der Waals surface area contributed by atoms with E-state index in [0.29, 0.717) is 11.6 Å². The molecule has 0 fully saturated rings. The zero-order chi connectivity index (χ0) is 15.2. The molecule has 0 spiro atoms. The minimum absolute atomic E-state index is 0.0744. The third-order valence-electron chi connectivity index (χ3n) is 3.02. The van der Waals surface area contributed by atoms with Crippen LogP contribution in [0.15, 0.2) is 34.9 Å². The average Bonchev–Trinajstić information content (AvgIpc) is 2.93. The van der Waals surface area contributed by atoms with Crippen LogP contribution in [0.2, 0.25) is 0 Å². The summed E-state index contributed by atoms with van der Waals surface area (Å²) < 4.78 is 5.41. The molecule has 0 aliphatic rings. The first kappa shape index (κ1) is 15.1. The third kappa shape index (κ3) is 4.32. The van der Waals surface area contributed by atoms with Crippen LogP contribution in [-0.2, 0) is 13.0 Å². The Bertz CT molecular complexity index is 607. The highest BCUT2D eigenvalue weighted by Gasteiger charge is 2.07. The van der Waals surface area contributed by atoms with Crippen molar-refractivity contribution in [3.05, 3.63) is 47.7 Å². The first-order chi connectivity index (χ1) is 10.1. The van der Waals surface area contributed by atoms with E-state index >= 15 is 0 Å². The van der Waals surface area contributed by atoms with Gasteiger partial charge in [-0.15, -0.1) is 0 Å². The number of carbonyl (C=O) groups is 1. The minimum atomic E-state index is -0.312. The largest absolute Gasteiger partial charge is 0.444 e. The molecule has 1 atom stereocenters. The number of rotatable bonds is 5. The minimum Gasteiger partial charge on any atom is -0.444 e. The van der Waals surface area contributed by atoms with Gasteiger partial charge in [0.2, 0.25) is 5.89 Å². The summed E-state index contributed by atoms with van der Waals surface area (Å²) in [6.45, 7) is 4.13. The maximum absolute atomic E-state index is 11.8. The number of aryl methyl sites for hydroxylation is 1. The van der Waals surface area contributed by atoms with E-state index in [9.17, 15) is 4.79 Å². The number of hydrogen-bond donors (Lipinski definition) is 3. The number of aromatic nitrogens is 1. The van der Waals surface area contributed by atoms with Crippen LogP contribution in [0.4, 0.5) is 10.5 Å². The monoisotopic (exact) mass is 288 g/mol. The summed E-state index contributed by atoms with van der Waals surface area (Å²) in [7, 11) is 0. The predicted molar refractivity (Wildman–Crippen MR) is 80.8 cm³/mol. The molecule has 21 heavy (non-hydrogen) atoms. The standard InChI is InChI=1S/C15H20N4O2/c1-3-13-8-17-14(21-13)9-18-15(20)19-12-6-4-5-11(7-12)10(2)16/h4-8,10H,3,9,16H2,1-2H3,(H2,18,19,20). The van der Waals surface area contributed by atoms with Gasteiger partial charge in [-0.25, -0.2) is 9.78 Å². The van der Waals surface area contributed by atoms with Crippen molar-refractivity contribution < 1.29 is 9.21 Å². The van der Waals surface area contributed by atoms with Crippen LogP contribution in [0.3, 0.4) is 0 Å². The number of nitrogens with two attached hydrogens (primary N) is 1. The molecule has 0 radical (unpaired) electrons. The Balaban J connectivity index is 1.88. The zero-order valence-corrected chi connectivity index (χ0v) is 12.2. The first-order valence-corrected chi connectivity index (χ1v) is 6.92. The molecular formula is C15H20N4O2. The summed E-state index contributed by atoms with van der Waals surface area (Å²) in [4.78, 5) is 15.9. The number of carbonyl (C=O) groups excluding carboxylic acids is 1. The lowest BCUT2D eigenvalue weighted by Crippen LogP contribution is -2.28. The maximum Gasteiger partial charge on any atom is 0.319 e. The van der Waals surface area contributed by atoms with Crippen LogP contribution in [-0.4, -0.2) is 11.0 Å². The van der Waals surface area contributed by atoms with Gasteiger partial charge in [-0.3, -0.25) is 0 Å². The van der Waals surface area contributed by atoms with Crippen LogP contribution < -0.4 is 16.4 Å². The Morgan fingerprint density at radius 1 is 1.48 bits per heavy atom. The average molecular weight is 288 g/mol. The number of hydrogen-bond acceptors (Lipinski definition) is 4. The molecule has 0 saturated carbocycles. The van der Waals surface area contributed by atoms with Gasteiger partial charge in [0.25, 0.3) is 0 Å². The molecule has 6 nitrogen and oxygen atoms in total. The fourth-order valence-corrected chi connectivity index (χ4v) is 1.82. The molecule has 2 aromatic rings. The Kier molecular flexibility index (Phi) is 4.94. The lowest BCUT2D eigenvalue weighted by atomic mass is 10.1. The Labute approximate surface area is 123 Å². The summed E-state index contributed by atoms with van der Waals surface area (Å²) in [6, 6.07) is 7.06. The quantitative estimate of drug-likeness (QED) is 0.788. The van der Waals surface area contributed by atoms with Gasteiger partial charge in [-0.1, -0.05) is 19.1 Å². The summed E-state index contributed by atoms with van der Waals surface area (Å²) >= 11 is 0. The molecule has 6 heteroatoms. The normalized spacial score (nSPS) is 12.0. The highest BCUT2D eigenvalue weighted by atomic mass is 16.4. The van der Waals surface area contributed by atoms with Crippen molar-refractivity contribution >= 4 is 11.7 Å². The molecule has 1 heterocycles. The van der Waals surface area contributed by atoms with E-state index in [2.05, 4.69) is 15.6 Å². The second-order valence-corrected chi connectivity index (χ2v) is 4.80. The van der Waals surface area contributed by atoms with Crippen molar-refractivity contribution in [3.63, 3.8) is 0 Å². The summed E-state index contributed by atoms with van der Waals surface area (Å²) in [5.74, 6) is 1.29. The van der Waals surface area contributed by atoms with Gasteiger partial charge in [-0.05, 0) is 24.6 Å². The summed E-state index contributed by atoms with van der Waals surface area (Å²) in [5, 5.41) is 5.45. The highest BCUT2D eigenvalue weighted by molar-refractivity contribution is 5.89.